The number of benzene rings is 1. The van der Waals surface area contributed by atoms with Gasteiger partial charge in [0.15, 0.2) is 11.3 Å². The van der Waals surface area contributed by atoms with E-state index in [1.165, 1.54) is 15.6 Å². The van der Waals surface area contributed by atoms with E-state index >= 15 is 0 Å². The largest absolute Gasteiger partial charge is 0.333 e. The third-order valence-corrected chi connectivity index (χ3v) is 4.11. The molecular weight excluding hydrogens is 300 g/mol. The van der Waals surface area contributed by atoms with Gasteiger partial charge in [0.05, 0.1) is 11.2 Å². The van der Waals surface area contributed by atoms with Crippen molar-refractivity contribution in [3.63, 3.8) is 0 Å². The van der Waals surface area contributed by atoms with Gasteiger partial charge < -0.3 is 4.90 Å². The van der Waals surface area contributed by atoms with Gasteiger partial charge in [-0.3, -0.25) is 4.79 Å². The van der Waals surface area contributed by atoms with Crippen LogP contribution in [0.25, 0.3) is 5.65 Å². The van der Waals surface area contributed by atoms with Gasteiger partial charge >= 0.3 is 0 Å². The third-order valence-electron chi connectivity index (χ3n) is 3.92. The molecule has 3 aromatic rings. The summed E-state index contributed by atoms with van der Waals surface area (Å²) >= 11 is 5.89. The minimum Gasteiger partial charge on any atom is -0.333 e. The third kappa shape index (κ3) is 2.23. The highest BCUT2D eigenvalue weighted by Gasteiger charge is 2.23. The minimum atomic E-state index is -0.0730. The lowest BCUT2D eigenvalue weighted by Crippen LogP contribution is -2.36. The monoisotopic (exact) mass is 312 g/mol. The van der Waals surface area contributed by atoms with Crippen molar-refractivity contribution in [1.29, 1.82) is 0 Å². The molecule has 0 unspecified atom stereocenters. The van der Waals surface area contributed by atoms with Gasteiger partial charge in [-0.05, 0) is 17.5 Å². The van der Waals surface area contributed by atoms with E-state index < -0.39 is 0 Å². The van der Waals surface area contributed by atoms with Crippen molar-refractivity contribution in [3.05, 3.63) is 64.6 Å². The second-order valence-electron chi connectivity index (χ2n) is 5.35. The zero-order valence-corrected chi connectivity index (χ0v) is 12.5. The second-order valence-corrected chi connectivity index (χ2v) is 5.79. The Hall–Kier alpha value is -2.40. The summed E-state index contributed by atoms with van der Waals surface area (Å²) in [6.45, 7) is 1.33. The molecular formula is C16H13ClN4O. The molecule has 6 heteroatoms. The van der Waals surface area contributed by atoms with Gasteiger partial charge in [0.2, 0.25) is 0 Å². The highest BCUT2D eigenvalue weighted by Crippen LogP contribution is 2.20. The van der Waals surface area contributed by atoms with Crippen LogP contribution in [0.4, 0.5) is 0 Å². The standard InChI is InChI=1S/C16H13ClN4O/c17-13-8-18-15-7-14(19-21(15)10-13)16(22)20-6-5-11-3-1-2-4-12(11)9-20/h1-4,7-8,10H,5-6,9H2. The van der Waals surface area contributed by atoms with Crippen LogP contribution < -0.4 is 0 Å². The Kier molecular flexibility index (Phi) is 3.08. The van der Waals surface area contributed by atoms with E-state index in [2.05, 4.69) is 22.2 Å². The molecule has 5 nitrogen and oxygen atoms in total. The van der Waals surface area contributed by atoms with E-state index in [1.807, 2.05) is 17.0 Å². The summed E-state index contributed by atoms with van der Waals surface area (Å²) in [6.07, 6.45) is 4.06. The fourth-order valence-corrected chi connectivity index (χ4v) is 2.93. The molecule has 0 spiro atoms. The number of nitrogens with zero attached hydrogens (tertiary/aromatic N) is 4. The van der Waals surface area contributed by atoms with Crippen LogP contribution in [0.3, 0.4) is 0 Å². The van der Waals surface area contributed by atoms with E-state index in [1.54, 1.807) is 18.5 Å². The van der Waals surface area contributed by atoms with Crippen LogP contribution in [0.5, 0.6) is 0 Å². The molecule has 0 bridgehead atoms. The summed E-state index contributed by atoms with van der Waals surface area (Å²) in [4.78, 5) is 18.6. The number of aromatic nitrogens is 3. The summed E-state index contributed by atoms with van der Waals surface area (Å²) < 4.78 is 1.54. The van der Waals surface area contributed by atoms with Crippen LogP contribution >= 0.6 is 11.6 Å². The molecule has 2 aromatic heterocycles. The van der Waals surface area contributed by atoms with Gasteiger partial charge in [0.1, 0.15) is 0 Å². The van der Waals surface area contributed by atoms with Gasteiger partial charge in [0, 0.05) is 25.4 Å². The number of rotatable bonds is 1. The van der Waals surface area contributed by atoms with Crippen molar-refractivity contribution in [2.75, 3.05) is 6.54 Å². The van der Waals surface area contributed by atoms with Crippen molar-refractivity contribution >= 4 is 23.2 Å². The average Bonchev–Trinajstić information content (AvgIpc) is 2.96. The number of halogens is 1. The normalized spacial score (nSPS) is 14.1. The summed E-state index contributed by atoms with van der Waals surface area (Å²) in [7, 11) is 0. The molecule has 1 amide bonds. The molecule has 110 valence electrons. The van der Waals surface area contributed by atoms with Crippen molar-refractivity contribution in [1.82, 2.24) is 19.5 Å². The van der Waals surface area contributed by atoms with Crippen molar-refractivity contribution in [3.8, 4) is 0 Å². The lowest BCUT2D eigenvalue weighted by Gasteiger charge is -2.28. The first-order chi connectivity index (χ1) is 10.7. The molecule has 1 aliphatic heterocycles. The number of carbonyl (C=O) groups excluding carboxylic acids is 1. The minimum absolute atomic E-state index is 0.0730. The van der Waals surface area contributed by atoms with Crippen molar-refractivity contribution in [2.45, 2.75) is 13.0 Å². The lowest BCUT2D eigenvalue weighted by molar-refractivity contribution is 0.0728. The molecule has 0 saturated carbocycles. The van der Waals surface area contributed by atoms with Crippen LogP contribution in [0, 0.1) is 0 Å². The number of hydrogen-bond donors (Lipinski definition) is 0. The molecule has 4 rings (SSSR count). The van der Waals surface area contributed by atoms with E-state index in [0.29, 0.717) is 29.5 Å². The molecule has 0 aliphatic carbocycles. The molecule has 0 fully saturated rings. The van der Waals surface area contributed by atoms with E-state index in [9.17, 15) is 4.79 Å². The second kappa shape index (κ2) is 5.10. The van der Waals surface area contributed by atoms with Crippen LogP contribution in [-0.2, 0) is 13.0 Å². The summed E-state index contributed by atoms with van der Waals surface area (Å²) in [5, 5.41) is 4.77. The van der Waals surface area contributed by atoms with Gasteiger partial charge in [-0.2, -0.15) is 5.10 Å². The topological polar surface area (TPSA) is 50.5 Å². The molecule has 0 saturated heterocycles. The molecule has 1 aliphatic rings. The van der Waals surface area contributed by atoms with Crippen LogP contribution in [0.2, 0.25) is 5.02 Å². The Morgan fingerprint density at radius 3 is 2.91 bits per heavy atom. The number of hydrogen-bond acceptors (Lipinski definition) is 3. The number of fused-ring (bicyclic) bond motifs is 2. The lowest BCUT2D eigenvalue weighted by atomic mass is 10.00. The average molecular weight is 313 g/mol. The molecule has 3 heterocycles. The van der Waals surface area contributed by atoms with Crippen molar-refractivity contribution in [2.24, 2.45) is 0 Å². The summed E-state index contributed by atoms with van der Waals surface area (Å²) in [5.41, 5.74) is 3.53. The first-order valence-electron chi connectivity index (χ1n) is 7.08. The predicted molar refractivity (Wildman–Crippen MR) is 82.9 cm³/mol. The highest BCUT2D eigenvalue weighted by molar-refractivity contribution is 6.30. The molecule has 1 aromatic carbocycles. The molecule has 0 N–H and O–H groups in total. The SMILES string of the molecule is O=C(c1cc2ncc(Cl)cn2n1)N1CCc2ccccc2C1. The van der Waals surface area contributed by atoms with Crippen molar-refractivity contribution < 1.29 is 4.79 Å². The zero-order valence-electron chi connectivity index (χ0n) is 11.7. The Bertz CT molecular complexity index is 873. The Morgan fingerprint density at radius 2 is 2.05 bits per heavy atom. The summed E-state index contributed by atoms with van der Waals surface area (Å²) in [6, 6.07) is 9.92. The van der Waals surface area contributed by atoms with Crippen LogP contribution in [0.1, 0.15) is 21.6 Å². The first-order valence-corrected chi connectivity index (χ1v) is 7.45. The van der Waals surface area contributed by atoms with Gasteiger partial charge in [-0.1, -0.05) is 35.9 Å². The Labute approximate surface area is 132 Å². The van der Waals surface area contributed by atoms with E-state index in [0.717, 1.165) is 6.42 Å². The van der Waals surface area contributed by atoms with Gasteiger partial charge in [-0.25, -0.2) is 9.50 Å². The zero-order chi connectivity index (χ0) is 15.1. The van der Waals surface area contributed by atoms with Gasteiger partial charge in [-0.15, -0.1) is 0 Å². The number of amides is 1. The number of carbonyl (C=O) groups is 1. The summed E-state index contributed by atoms with van der Waals surface area (Å²) in [5.74, 6) is -0.0730. The quantitative estimate of drug-likeness (QED) is 0.694. The maximum absolute atomic E-state index is 12.7. The van der Waals surface area contributed by atoms with E-state index in [-0.39, 0.29) is 5.91 Å². The maximum Gasteiger partial charge on any atom is 0.274 e. The fraction of sp³-hybridized carbons (Fsp3) is 0.188. The Morgan fingerprint density at radius 1 is 1.23 bits per heavy atom. The predicted octanol–water partition coefficient (Wildman–Crippen LogP) is 2.58. The van der Waals surface area contributed by atoms with Crippen LogP contribution in [-0.4, -0.2) is 31.9 Å². The maximum atomic E-state index is 12.7. The fourth-order valence-electron chi connectivity index (χ4n) is 2.79. The van der Waals surface area contributed by atoms with E-state index in [4.69, 9.17) is 11.6 Å². The molecule has 0 radical (unpaired) electrons. The highest BCUT2D eigenvalue weighted by atomic mass is 35.5. The molecule has 0 atom stereocenters. The Balaban J connectivity index is 1.64. The molecule has 22 heavy (non-hydrogen) atoms. The first kappa shape index (κ1) is 13.3. The van der Waals surface area contributed by atoms with Crippen LogP contribution in [0.15, 0.2) is 42.7 Å². The van der Waals surface area contributed by atoms with Gasteiger partial charge in [0.25, 0.3) is 5.91 Å². The smallest absolute Gasteiger partial charge is 0.274 e.